The van der Waals surface area contributed by atoms with Gasteiger partial charge in [-0.3, -0.25) is 9.59 Å². The number of benzene rings is 1. The Bertz CT molecular complexity index is 384. The van der Waals surface area contributed by atoms with Crippen molar-refractivity contribution >= 4 is 30.6 Å². The Morgan fingerprint density at radius 3 is 2.58 bits per heavy atom. The molecule has 104 valence electrons. The van der Waals surface area contributed by atoms with Crippen molar-refractivity contribution in [2.45, 2.75) is 31.7 Å². The summed E-state index contributed by atoms with van der Waals surface area (Å²) >= 11 is 4.14. The summed E-state index contributed by atoms with van der Waals surface area (Å²) in [6.45, 7) is 0. The third-order valence-corrected chi connectivity index (χ3v) is 3.09. The third-order valence-electron chi connectivity index (χ3n) is 2.78. The molecule has 19 heavy (non-hydrogen) atoms. The molecule has 1 rings (SSSR count). The Labute approximate surface area is 119 Å². The van der Waals surface area contributed by atoms with E-state index in [1.807, 2.05) is 30.3 Å². The van der Waals surface area contributed by atoms with Crippen LogP contribution in [0.15, 0.2) is 30.3 Å². The first-order valence-corrected chi connectivity index (χ1v) is 7.07. The van der Waals surface area contributed by atoms with Gasteiger partial charge in [0.25, 0.3) is 0 Å². The molecule has 0 bridgehead atoms. The summed E-state index contributed by atoms with van der Waals surface area (Å²) in [6, 6.07) is 8.74. The number of anilines is 1. The number of rotatable bonds is 9. The van der Waals surface area contributed by atoms with Gasteiger partial charge < -0.3 is 10.6 Å². The first-order chi connectivity index (χ1) is 9.27. The molecular weight excluding hydrogens is 260 g/mol. The summed E-state index contributed by atoms with van der Waals surface area (Å²) in [5.74, 6) is 0.673. The zero-order chi connectivity index (χ0) is 13.9. The van der Waals surface area contributed by atoms with Gasteiger partial charge in [-0.1, -0.05) is 31.0 Å². The van der Waals surface area contributed by atoms with Crippen molar-refractivity contribution in [1.29, 1.82) is 0 Å². The summed E-state index contributed by atoms with van der Waals surface area (Å²) in [5.41, 5.74) is 0.737. The van der Waals surface area contributed by atoms with Crippen LogP contribution in [0.25, 0.3) is 0 Å². The minimum absolute atomic E-state index is 0.177. The highest BCUT2D eigenvalue weighted by atomic mass is 32.1. The maximum absolute atomic E-state index is 12.0. The number of hydrogen-bond acceptors (Lipinski definition) is 3. The fourth-order valence-electron chi connectivity index (χ4n) is 1.76. The second-order valence-corrected chi connectivity index (χ2v) is 4.71. The lowest BCUT2D eigenvalue weighted by Gasteiger charge is -2.15. The Hall–Kier alpha value is -1.49. The van der Waals surface area contributed by atoms with Crippen molar-refractivity contribution in [1.82, 2.24) is 5.32 Å². The molecule has 0 aliphatic heterocycles. The number of nitrogens with one attached hydrogen (secondary N) is 2. The van der Waals surface area contributed by atoms with Crippen LogP contribution in [-0.4, -0.2) is 24.1 Å². The predicted octanol–water partition coefficient (Wildman–Crippen LogP) is 2.23. The average molecular weight is 280 g/mol. The van der Waals surface area contributed by atoms with Crippen LogP contribution in [-0.2, 0) is 9.59 Å². The smallest absolute Gasteiger partial charge is 0.246 e. The van der Waals surface area contributed by atoms with E-state index in [4.69, 9.17) is 0 Å². The minimum Gasteiger partial charge on any atom is -0.347 e. The average Bonchev–Trinajstić information content (AvgIpc) is 2.43. The van der Waals surface area contributed by atoms with E-state index in [2.05, 4.69) is 23.3 Å². The molecule has 0 aliphatic rings. The lowest BCUT2D eigenvalue weighted by atomic mass is 10.1. The molecule has 2 amide bonds. The summed E-state index contributed by atoms with van der Waals surface area (Å²) in [5, 5.41) is 5.36. The normalized spacial score (nSPS) is 11.6. The van der Waals surface area contributed by atoms with E-state index in [0.717, 1.165) is 30.7 Å². The molecule has 0 saturated heterocycles. The van der Waals surface area contributed by atoms with Crippen LogP contribution in [0.4, 0.5) is 5.69 Å². The van der Waals surface area contributed by atoms with E-state index in [1.165, 1.54) is 0 Å². The van der Waals surface area contributed by atoms with Crippen LogP contribution in [0.1, 0.15) is 25.7 Å². The Balaban J connectivity index is 2.45. The molecule has 5 heteroatoms. The summed E-state index contributed by atoms with van der Waals surface area (Å²) in [7, 11) is 0. The number of unbranched alkanes of at least 4 members (excludes halogenated alkanes) is 2. The molecule has 0 radical (unpaired) electrons. The zero-order valence-electron chi connectivity index (χ0n) is 10.8. The van der Waals surface area contributed by atoms with Crippen molar-refractivity contribution in [2.24, 2.45) is 0 Å². The lowest BCUT2D eigenvalue weighted by Crippen LogP contribution is -2.39. The highest BCUT2D eigenvalue weighted by Gasteiger charge is 2.16. The van der Waals surface area contributed by atoms with Gasteiger partial charge in [-0.25, -0.2) is 0 Å². The molecule has 2 N–H and O–H groups in total. The standard InChI is InChI=1S/C14H20N2O2S/c17-11-15-13(9-5-2-6-10-19)14(18)16-12-7-3-1-4-8-12/h1,3-4,7-8,11,13,19H,2,5-6,9-10H2,(H,15,17)(H,16,18)/t13-/m0/s1. The van der Waals surface area contributed by atoms with Crippen LogP contribution in [0, 0.1) is 0 Å². The molecule has 0 fully saturated rings. The minimum atomic E-state index is -0.474. The molecule has 1 atom stereocenters. The van der Waals surface area contributed by atoms with Gasteiger partial charge in [-0.15, -0.1) is 0 Å². The largest absolute Gasteiger partial charge is 0.347 e. The molecule has 4 nitrogen and oxygen atoms in total. The van der Waals surface area contributed by atoms with Gasteiger partial charge in [-0.05, 0) is 30.7 Å². The maximum atomic E-state index is 12.0. The predicted molar refractivity (Wildman–Crippen MR) is 80.4 cm³/mol. The molecule has 1 aromatic carbocycles. The molecule has 1 aromatic rings. The molecule has 0 spiro atoms. The van der Waals surface area contributed by atoms with Crippen LogP contribution >= 0.6 is 12.6 Å². The second kappa shape index (κ2) is 9.44. The fraction of sp³-hybridized carbons (Fsp3) is 0.429. The van der Waals surface area contributed by atoms with Gasteiger partial charge in [0.1, 0.15) is 6.04 Å². The van der Waals surface area contributed by atoms with Crippen molar-refractivity contribution in [3.8, 4) is 0 Å². The zero-order valence-corrected chi connectivity index (χ0v) is 11.7. The lowest BCUT2D eigenvalue weighted by molar-refractivity contribution is -0.121. The van der Waals surface area contributed by atoms with Crippen molar-refractivity contribution < 1.29 is 9.59 Å². The first-order valence-electron chi connectivity index (χ1n) is 6.44. The SMILES string of the molecule is O=CN[C@@H](CCCCCS)C(=O)Nc1ccccc1. The van der Waals surface area contributed by atoms with E-state index in [9.17, 15) is 9.59 Å². The van der Waals surface area contributed by atoms with Crippen molar-refractivity contribution in [3.63, 3.8) is 0 Å². The van der Waals surface area contributed by atoms with Crippen molar-refractivity contribution in [3.05, 3.63) is 30.3 Å². The monoisotopic (exact) mass is 280 g/mol. The number of thiol groups is 1. The van der Waals surface area contributed by atoms with E-state index >= 15 is 0 Å². The van der Waals surface area contributed by atoms with Gasteiger partial charge in [0, 0.05) is 5.69 Å². The fourth-order valence-corrected chi connectivity index (χ4v) is 1.98. The van der Waals surface area contributed by atoms with E-state index in [0.29, 0.717) is 12.8 Å². The molecule has 0 aliphatic carbocycles. The van der Waals surface area contributed by atoms with Gasteiger partial charge in [-0.2, -0.15) is 12.6 Å². The summed E-state index contributed by atoms with van der Waals surface area (Å²) in [4.78, 5) is 22.6. The van der Waals surface area contributed by atoms with E-state index in [-0.39, 0.29) is 5.91 Å². The number of carbonyl (C=O) groups excluding carboxylic acids is 2. The van der Waals surface area contributed by atoms with Gasteiger partial charge in [0.05, 0.1) is 0 Å². The van der Waals surface area contributed by atoms with Gasteiger partial charge >= 0.3 is 0 Å². The molecule has 0 heterocycles. The van der Waals surface area contributed by atoms with Gasteiger partial charge in [0.15, 0.2) is 0 Å². The molecule has 0 unspecified atom stereocenters. The summed E-state index contributed by atoms with van der Waals surface area (Å²) < 4.78 is 0. The molecule has 0 saturated carbocycles. The van der Waals surface area contributed by atoms with Crippen LogP contribution in [0.2, 0.25) is 0 Å². The molecular formula is C14H20N2O2S. The van der Waals surface area contributed by atoms with Gasteiger partial charge in [0.2, 0.25) is 12.3 Å². The number of para-hydroxylation sites is 1. The number of hydrogen-bond donors (Lipinski definition) is 3. The number of amides is 2. The van der Waals surface area contributed by atoms with Crippen molar-refractivity contribution in [2.75, 3.05) is 11.1 Å². The Morgan fingerprint density at radius 1 is 1.21 bits per heavy atom. The quantitative estimate of drug-likeness (QED) is 0.369. The molecule has 0 aromatic heterocycles. The topological polar surface area (TPSA) is 58.2 Å². The number of carbonyl (C=O) groups is 2. The third kappa shape index (κ3) is 6.29. The Kier molecular flexibility index (Phi) is 7.74. The highest BCUT2D eigenvalue weighted by Crippen LogP contribution is 2.09. The first kappa shape index (κ1) is 15.6. The Morgan fingerprint density at radius 2 is 1.95 bits per heavy atom. The van der Waals surface area contributed by atoms with Crippen LogP contribution in [0.3, 0.4) is 0 Å². The summed E-state index contributed by atoms with van der Waals surface area (Å²) in [6.07, 6.45) is 4.16. The second-order valence-electron chi connectivity index (χ2n) is 4.27. The van der Waals surface area contributed by atoms with Crippen LogP contribution < -0.4 is 10.6 Å². The van der Waals surface area contributed by atoms with E-state index in [1.54, 1.807) is 0 Å². The van der Waals surface area contributed by atoms with E-state index < -0.39 is 6.04 Å². The highest BCUT2D eigenvalue weighted by molar-refractivity contribution is 7.80. The van der Waals surface area contributed by atoms with Crippen LogP contribution in [0.5, 0.6) is 0 Å². The maximum Gasteiger partial charge on any atom is 0.246 e.